The van der Waals surface area contributed by atoms with E-state index in [0.717, 1.165) is 16.5 Å². The summed E-state index contributed by atoms with van der Waals surface area (Å²) in [6.07, 6.45) is 3.65. The van der Waals surface area contributed by atoms with Gasteiger partial charge in [0, 0.05) is 29.7 Å². The summed E-state index contributed by atoms with van der Waals surface area (Å²) in [5.74, 6) is 7.30. The summed E-state index contributed by atoms with van der Waals surface area (Å²) in [6, 6.07) is 1.86. The lowest BCUT2D eigenvalue weighted by Gasteiger charge is -2.13. The standard InChI is InChI=1S/C10H14N4OS/c1-14-4-3-12-10(14)9(13-11)8-5-7(15-2)6-16-8/h3-6,9,13H,11H2,1-2H3. The van der Waals surface area contributed by atoms with E-state index in [-0.39, 0.29) is 6.04 Å². The maximum absolute atomic E-state index is 5.58. The van der Waals surface area contributed by atoms with Crippen molar-refractivity contribution in [2.75, 3.05) is 7.11 Å². The second kappa shape index (κ2) is 4.65. The molecule has 0 spiro atoms. The molecule has 1 atom stereocenters. The molecule has 0 saturated carbocycles. The molecule has 0 bridgehead atoms. The van der Waals surface area contributed by atoms with Gasteiger partial charge in [0.1, 0.15) is 17.6 Å². The minimum absolute atomic E-state index is 0.103. The number of thiophene rings is 1. The van der Waals surface area contributed by atoms with E-state index in [2.05, 4.69) is 10.4 Å². The highest BCUT2D eigenvalue weighted by Gasteiger charge is 2.18. The number of hydrogen-bond donors (Lipinski definition) is 2. The molecule has 86 valence electrons. The lowest BCUT2D eigenvalue weighted by atomic mass is 10.2. The van der Waals surface area contributed by atoms with Crippen LogP contribution in [0.15, 0.2) is 23.8 Å². The van der Waals surface area contributed by atoms with Gasteiger partial charge < -0.3 is 9.30 Å². The molecular weight excluding hydrogens is 224 g/mol. The number of methoxy groups -OCH3 is 1. The molecule has 16 heavy (non-hydrogen) atoms. The summed E-state index contributed by atoms with van der Waals surface area (Å²) in [5.41, 5.74) is 2.77. The molecule has 0 aliphatic rings. The van der Waals surface area contributed by atoms with Crippen LogP contribution in [-0.2, 0) is 7.05 Å². The Kier molecular flexibility index (Phi) is 3.23. The highest BCUT2D eigenvalue weighted by atomic mass is 32.1. The normalized spacial score (nSPS) is 12.7. The van der Waals surface area contributed by atoms with Gasteiger partial charge in [-0.05, 0) is 6.07 Å². The third kappa shape index (κ3) is 1.95. The third-order valence-electron chi connectivity index (χ3n) is 2.40. The van der Waals surface area contributed by atoms with E-state index < -0.39 is 0 Å². The molecule has 0 saturated heterocycles. The SMILES string of the molecule is COc1csc(C(NN)c2nccn2C)c1. The third-order valence-corrected chi connectivity index (χ3v) is 3.38. The van der Waals surface area contributed by atoms with Crippen LogP contribution in [0.4, 0.5) is 0 Å². The van der Waals surface area contributed by atoms with Crippen molar-refractivity contribution in [3.63, 3.8) is 0 Å². The summed E-state index contributed by atoms with van der Waals surface area (Å²) >= 11 is 1.59. The summed E-state index contributed by atoms with van der Waals surface area (Å²) in [5, 5.41) is 1.95. The van der Waals surface area contributed by atoms with Gasteiger partial charge in [0.15, 0.2) is 0 Å². The number of hydrazine groups is 1. The van der Waals surface area contributed by atoms with Gasteiger partial charge in [-0.25, -0.2) is 10.4 Å². The highest BCUT2D eigenvalue weighted by molar-refractivity contribution is 7.10. The number of hydrogen-bond acceptors (Lipinski definition) is 5. The Labute approximate surface area is 97.8 Å². The van der Waals surface area contributed by atoms with E-state index in [1.165, 1.54) is 0 Å². The molecule has 2 heterocycles. The van der Waals surface area contributed by atoms with Gasteiger partial charge in [-0.2, -0.15) is 0 Å². The molecule has 0 aliphatic heterocycles. The van der Waals surface area contributed by atoms with Crippen molar-refractivity contribution in [1.82, 2.24) is 15.0 Å². The number of rotatable bonds is 4. The second-order valence-electron chi connectivity index (χ2n) is 3.38. The Bertz CT molecular complexity index is 465. The van der Waals surface area contributed by atoms with Gasteiger partial charge in [-0.3, -0.25) is 5.84 Å². The van der Waals surface area contributed by atoms with Crippen molar-refractivity contribution >= 4 is 11.3 Å². The lowest BCUT2D eigenvalue weighted by molar-refractivity contribution is 0.416. The van der Waals surface area contributed by atoms with Gasteiger partial charge in [0.2, 0.25) is 0 Å². The van der Waals surface area contributed by atoms with Gasteiger partial charge in [0.25, 0.3) is 0 Å². The first-order valence-corrected chi connectivity index (χ1v) is 5.70. The molecular formula is C10H14N4OS. The van der Waals surface area contributed by atoms with Crippen molar-refractivity contribution in [3.05, 3.63) is 34.5 Å². The Morgan fingerprint density at radius 2 is 2.44 bits per heavy atom. The zero-order valence-electron chi connectivity index (χ0n) is 9.18. The fourth-order valence-corrected chi connectivity index (χ4v) is 2.44. The van der Waals surface area contributed by atoms with Crippen LogP contribution in [0.2, 0.25) is 0 Å². The highest BCUT2D eigenvalue weighted by Crippen LogP contribution is 2.29. The van der Waals surface area contributed by atoms with Crippen LogP contribution < -0.4 is 16.0 Å². The Morgan fingerprint density at radius 3 is 2.94 bits per heavy atom. The smallest absolute Gasteiger partial charge is 0.132 e. The largest absolute Gasteiger partial charge is 0.496 e. The fraction of sp³-hybridized carbons (Fsp3) is 0.300. The molecule has 0 aromatic carbocycles. The van der Waals surface area contributed by atoms with Crippen molar-refractivity contribution in [2.45, 2.75) is 6.04 Å². The van der Waals surface area contributed by atoms with Crippen LogP contribution in [0.25, 0.3) is 0 Å². The van der Waals surface area contributed by atoms with Crippen molar-refractivity contribution in [3.8, 4) is 5.75 Å². The van der Waals surface area contributed by atoms with Gasteiger partial charge in [0.05, 0.1) is 7.11 Å². The first-order valence-electron chi connectivity index (χ1n) is 4.82. The maximum atomic E-state index is 5.58. The number of nitrogens with zero attached hydrogens (tertiary/aromatic N) is 2. The number of nitrogens with two attached hydrogens (primary N) is 1. The minimum Gasteiger partial charge on any atom is -0.496 e. The van der Waals surface area contributed by atoms with Crippen molar-refractivity contribution < 1.29 is 4.74 Å². The van der Waals surface area contributed by atoms with Crippen LogP contribution in [0.1, 0.15) is 16.7 Å². The van der Waals surface area contributed by atoms with Crippen LogP contribution in [-0.4, -0.2) is 16.7 Å². The molecule has 0 radical (unpaired) electrons. The van der Waals surface area contributed by atoms with Gasteiger partial charge in [-0.1, -0.05) is 0 Å². The van der Waals surface area contributed by atoms with Crippen molar-refractivity contribution in [1.29, 1.82) is 0 Å². The van der Waals surface area contributed by atoms with Gasteiger partial charge in [-0.15, -0.1) is 11.3 Å². The topological polar surface area (TPSA) is 65.1 Å². The van der Waals surface area contributed by atoms with E-state index in [1.54, 1.807) is 24.6 Å². The number of imidazole rings is 1. The van der Waals surface area contributed by atoms with E-state index in [9.17, 15) is 0 Å². The monoisotopic (exact) mass is 238 g/mol. The molecule has 0 amide bonds. The Morgan fingerprint density at radius 1 is 1.62 bits per heavy atom. The first kappa shape index (κ1) is 11.1. The number of ether oxygens (including phenoxy) is 1. The van der Waals surface area contributed by atoms with Crippen LogP contribution >= 0.6 is 11.3 Å². The summed E-state index contributed by atoms with van der Waals surface area (Å²) in [4.78, 5) is 5.36. The number of aromatic nitrogens is 2. The number of aryl methyl sites for hydroxylation is 1. The molecule has 0 aliphatic carbocycles. The predicted molar refractivity (Wildman–Crippen MR) is 63.2 cm³/mol. The second-order valence-corrected chi connectivity index (χ2v) is 4.33. The summed E-state index contributed by atoms with van der Waals surface area (Å²) < 4.78 is 7.09. The van der Waals surface area contributed by atoms with E-state index in [0.29, 0.717) is 0 Å². The molecule has 0 fully saturated rings. The maximum Gasteiger partial charge on any atom is 0.132 e. The average Bonchev–Trinajstić information content (AvgIpc) is 2.90. The van der Waals surface area contributed by atoms with Crippen LogP contribution in [0, 0.1) is 0 Å². The predicted octanol–water partition coefficient (Wildman–Crippen LogP) is 1.04. The fourth-order valence-electron chi connectivity index (χ4n) is 1.53. The molecule has 6 heteroatoms. The van der Waals surface area contributed by atoms with Gasteiger partial charge >= 0.3 is 0 Å². The van der Waals surface area contributed by atoms with Crippen LogP contribution in [0.5, 0.6) is 5.75 Å². The summed E-state index contributed by atoms with van der Waals surface area (Å²) in [7, 11) is 3.59. The van der Waals surface area contributed by atoms with Crippen LogP contribution in [0.3, 0.4) is 0 Å². The molecule has 2 aromatic heterocycles. The lowest BCUT2D eigenvalue weighted by Crippen LogP contribution is -2.30. The quantitative estimate of drug-likeness (QED) is 0.617. The molecule has 3 N–H and O–H groups in total. The molecule has 5 nitrogen and oxygen atoms in total. The summed E-state index contributed by atoms with van der Waals surface area (Å²) in [6.45, 7) is 0. The average molecular weight is 238 g/mol. The zero-order valence-corrected chi connectivity index (χ0v) is 9.99. The van der Waals surface area contributed by atoms with E-state index in [4.69, 9.17) is 10.6 Å². The molecule has 1 unspecified atom stereocenters. The Balaban J connectivity index is 2.32. The van der Waals surface area contributed by atoms with E-state index >= 15 is 0 Å². The Hall–Kier alpha value is -1.37. The minimum atomic E-state index is -0.103. The van der Waals surface area contributed by atoms with E-state index in [1.807, 2.05) is 29.3 Å². The zero-order chi connectivity index (χ0) is 11.5. The molecule has 2 rings (SSSR count). The van der Waals surface area contributed by atoms with Crippen molar-refractivity contribution in [2.24, 2.45) is 12.9 Å². The number of nitrogens with one attached hydrogen (secondary N) is 1. The molecule has 2 aromatic rings. The first-order chi connectivity index (χ1) is 7.76.